The normalized spacial score (nSPS) is 24.3. The van der Waals surface area contributed by atoms with Crippen molar-refractivity contribution in [2.45, 2.75) is 31.1 Å². The highest BCUT2D eigenvalue weighted by Gasteiger charge is 2.24. The van der Waals surface area contributed by atoms with E-state index in [0.29, 0.717) is 5.25 Å². The predicted molar refractivity (Wildman–Crippen MR) is 48.0 cm³/mol. The number of hydrogen-bond donors (Lipinski definition) is 1. The Morgan fingerprint density at radius 1 is 1.64 bits per heavy atom. The van der Waals surface area contributed by atoms with E-state index in [1.54, 1.807) is 0 Å². The van der Waals surface area contributed by atoms with Crippen LogP contribution in [0, 0.1) is 0 Å². The van der Waals surface area contributed by atoms with Gasteiger partial charge in [0.15, 0.2) is 0 Å². The lowest BCUT2D eigenvalue weighted by Gasteiger charge is -2.29. The van der Waals surface area contributed by atoms with Gasteiger partial charge in [0, 0.05) is 5.75 Å². The Hall–Kier alpha value is 0.270. The van der Waals surface area contributed by atoms with E-state index in [1.807, 2.05) is 25.6 Å². The maximum Gasteiger partial charge on any atom is 0.0707 e. The van der Waals surface area contributed by atoms with Crippen LogP contribution in [0.3, 0.4) is 0 Å². The minimum atomic E-state index is -0.486. The minimum Gasteiger partial charge on any atom is -0.389 e. The number of ether oxygens (including phenoxy) is 1. The maximum atomic E-state index is 9.63. The summed E-state index contributed by atoms with van der Waals surface area (Å²) in [5.74, 6) is 0.831. The average molecular weight is 176 g/mol. The monoisotopic (exact) mass is 176 g/mol. The van der Waals surface area contributed by atoms with E-state index in [9.17, 15) is 5.11 Å². The Balaban J connectivity index is 2.09. The molecule has 66 valence electrons. The van der Waals surface area contributed by atoms with Crippen molar-refractivity contribution in [2.24, 2.45) is 0 Å². The fraction of sp³-hybridized carbons (Fsp3) is 1.00. The first-order valence-corrected chi connectivity index (χ1v) is 5.10. The lowest BCUT2D eigenvalue weighted by Crippen LogP contribution is -2.34. The summed E-state index contributed by atoms with van der Waals surface area (Å²) in [5, 5.41) is 10.3. The van der Waals surface area contributed by atoms with Gasteiger partial charge in [-0.25, -0.2) is 0 Å². The molecule has 1 unspecified atom stereocenters. The van der Waals surface area contributed by atoms with E-state index in [1.165, 1.54) is 0 Å². The van der Waals surface area contributed by atoms with Gasteiger partial charge in [0.1, 0.15) is 0 Å². The lowest BCUT2D eigenvalue weighted by atomic mass is 10.1. The molecule has 1 aliphatic rings. The molecule has 0 aliphatic carbocycles. The van der Waals surface area contributed by atoms with E-state index in [4.69, 9.17) is 4.74 Å². The third-order valence-corrected chi connectivity index (χ3v) is 3.53. The highest BCUT2D eigenvalue weighted by molar-refractivity contribution is 8.00. The fourth-order valence-corrected chi connectivity index (χ4v) is 1.89. The van der Waals surface area contributed by atoms with Crippen LogP contribution in [0.5, 0.6) is 0 Å². The summed E-state index contributed by atoms with van der Waals surface area (Å²) >= 11 is 1.82. The molecule has 1 saturated heterocycles. The van der Waals surface area contributed by atoms with Gasteiger partial charge >= 0.3 is 0 Å². The van der Waals surface area contributed by atoms with E-state index in [0.717, 1.165) is 25.4 Å². The molecule has 0 spiro atoms. The van der Waals surface area contributed by atoms with Gasteiger partial charge in [0.2, 0.25) is 0 Å². The second kappa shape index (κ2) is 3.78. The SMILES string of the molecule is CCC(C)(O)CSC1COC1. The largest absolute Gasteiger partial charge is 0.389 e. The molecule has 0 bridgehead atoms. The summed E-state index contributed by atoms with van der Waals surface area (Å²) in [6.07, 6.45) is 0.827. The Morgan fingerprint density at radius 2 is 2.27 bits per heavy atom. The number of rotatable bonds is 4. The molecule has 2 nitrogen and oxygen atoms in total. The third kappa shape index (κ3) is 3.01. The smallest absolute Gasteiger partial charge is 0.0707 e. The molecule has 1 atom stereocenters. The molecule has 11 heavy (non-hydrogen) atoms. The summed E-state index contributed by atoms with van der Waals surface area (Å²) in [7, 11) is 0. The third-order valence-electron chi connectivity index (χ3n) is 2.00. The average Bonchev–Trinajstić information content (AvgIpc) is 1.84. The molecule has 0 aromatic carbocycles. The van der Waals surface area contributed by atoms with Crippen LogP contribution >= 0.6 is 11.8 Å². The Bertz CT molecular complexity index is 121. The van der Waals surface area contributed by atoms with Crippen LogP contribution in [0.15, 0.2) is 0 Å². The first-order valence-electron chi connectivity index (χ1n) is 4.06. The zero-order valence-corrected chi connectivity index (χ0v) is 7.99. The summed E-state index contributed by atoms with van der Waals surface area (Å²) in [5.41, 5.74) is -0.486. The molecular weight excluding hydrogens is 160 g/mol. The molecular formula is C8H16O2S. The van der Waals surface area contributed by atoms with Crippen LogP contribution in [0.2, 0.25) is 0 Å². The molecule has 0 aromatic heterocycles. The van der Waals surface area contributed by atoms with Crippen molar-refractivity contribution in [1.29, 1.82) is 0 Å². The molecule has 0 saturated carbocycles. The zero-order chi connectivity index (χ0) is 8.32. The minimum absolute atomic E-state index is 0.486. The summed E-state index contributed by atoms with van der Waals surface area (Å²) in [4.78, 5) is 0. The van der Waals surface area contributed by atoms with E-state index < -0.39 is 5.60 Å². The van der Waals surface area contributed by atoms with E-state index in [2.05, 4.69) is 0 Å². The Labute approximate surface area is 72.3 Å². The van der Waals surface area contributed by atoms with Gasteiger partial charge in [0.05, 0.1) is 24.1 Å². The van der Waals surface area contributed by atoms with Crippen molar-refractivity contribution in [3.63, 3.8) is 0 Å². The standard InChI is InChI=1S/C8H16O2S/c1-3-8(2,9)6-11-7-4-10-5-7/h7,9H,3-6H2,1-2H3. The summed E-state index contributed by atoms with van der Waals surface area (Å²) < 4.78 is 5.03. The van der Waals surface area contributed by atoms with Gasteiger partial charge in [-0.3, -0.25) is 0 Å². The van der Waals surface area contributed by atoms with Crippen molar-refractivity contribution in [2.75, 3.05) is 19.0 Å². The predicted octanol–water partition coefficient (Wildman–Crippen LogP) is 1.28. The van der Waals surface area contributed by atoms with Crippen molar-refractivity contribution in [3.8, 4) is 0 Å². The van der Waals surface area contributed by atoms with Gasteiger partial charge in [-0.2, -0.15) is 11.8 Å². The fourth-order valence-electron chi connectivity index (χ4n) is 0.710. The van der Waals surface area contributed by atoms with Crippen LogP contribution in [-0.2, 0) is 4.74 Å². The highest BCUT2D eigenvalue weighted by Crippen LogP contribution is 2.24. The molecule has 1 N–H and O–H groups in total. The first kappa shape index (κ1) is 9.36. The molecule has 3 heteroatoms. The quantitative estimate of drug-likeness (QED) is 0.699. The van der Waals surface area contributed by atoms with Gasteiger partial charge in [-0.15, -0.1) is 0 Å². The van der Waals surface area contributed by atoms with E-state index in [-0.39, 0.29) is 0 Å². The van der Waals surface area contributed by atoms with Crippen LogP contribution in [0.4, 0.5) is 0 Å². The molecule has 1 heterocycles. The Morgan fingerprint density at radius 3 is 2.64 bits per heavy atom. The lowest BCUT2D eigenvalue weighted by molar-refractivity contribution is 0.0437. The number of thioether (sulfide) groups is 1. The molecule has 1 rings (SSSR count). The first-order chi connectivity index (χ1) is 5.14. The van der Waals surface area contributed by atoms with Gasteiger partial charge in [-0.1, -0.05) is 6.92 Å². The Kier molecular flexibility index (Phi) is 3.22. The van der Waals surface area contributed by atoms with Gasteiger partial charge in [-0.05, 0) is 13.3 Å². The highest BCUT2D eigenvalue weighted by atomic mass is 32.2. The number of aliphatic hydroxyl groups is 1. The number of hydrogen-bond acceptors (Lipinski definition) is 3. The van der Waals surface area contributed by atoms with Crippen molar-refractivity contribution >= 4 is 11.8 Å². The molecule has 0 amide bonds. The van der Waals surface area contributed by atoms with Crippen molar-refractivity contribution in [3.05, 3.63) is 0 Å². The second-order valence-electron chi connectivity index (χ2n) is 3.32. The van der Waals surface area contributed by atoms with Crippen LogP contribution in [0.1, 0.15) is 20.3 Å². The molecule has 1 fully saturated rings. The molecule has 0 aromatic rings. The van der Waals surface area contributed by atoms with Gasteiger partial charge < -0.3 is 9.84 Å². The maximum absolute atomic E-state index is 9.63. The second-order valence-corrected chi connectivity index (χ2v) is 4.61. The topological polar surface area (TPSA) is 29.5 Å². The van der Waals surface area contributed by atoms with Crippen LogP contribution in [0.25, 0.3) is 0 Å². The van der Waals surface area contributed by atoms with E-state index >= 15 is 0 Å². The zero-order valence-electron chi connectivity index (χ0n) is 7.17. The van der Waals surface area contributed by atoms with Gasteiger partial charge in [0.25, 0.3) is 0 Å². The van der Waals surface area contributed by atoms with Crippen molar-refractivity contribution < 1.29 is 9.84 Å². The summed E-state index contributed by atoms with van der Waals surface area (Å²) in [6, 6.07) is 0. The van der Waals surface area contributed by atoms with Crippen LogP contribution < -0.4 is 0 Å². The van der Waals surface area contributed by atoms with Crippen LogP contribution in [-0.4, -0.2) is 34.9 Å². The molecule has 0 radical (unpaired) electrons. The summed E-state index contributed by atoms with van der Waals surface area (Å²) in [6.45, 7) is 5.63. The van der Waals surface area contributed by atoms with Crippen molar-refractivity contribution in [1.82, 2.24) is 0 Å². The molecule has 1 aliphatic heterocycles.